The van der Waals surface area contributed by atoms with Crippen LogP contribution in [-0.2, 0) is 11.3 Å². The number of benzene rings is 1. The summed E-state index contributed by atoms with van der Waals surface area (Å²) in [7, 11) is 0. The topological polar surface area (TPSA) is 53.7 Å². The number of carboxylic acid groups (broad SMARTS) is 1. The van der Waals surface area contributed by atoms with Gasteiger partial charge in [0.1, 0.15) is 11.1 Å². The fourth-order valence-electron chi connectivity index (χ4n) is 2.88. The first-order valence-corrected chi connectivity index (χ1v) is 6.55. The van der Waals surface area contributed by atoms with Crippen LogP contribution in [0.2, 0.25) is 0 Å². The van der Waals surface area contributed by atoms with Gasteiger partial charge in [0.2, 0.25) is 0 Å². The van der Waals surface area contributed by atoms with Crippen LogP contribution in [0.4, 0.5) is 0 Å². The molecular formula is C15H17NO3. The van der Waals surface area contributed by atoms with Gasteiger partial charge < -0.3 is 9.52 Å². The van der Waals surface area contributed by atoms with Crippen LogP contribution in [0.3, 0.4) is 0 Å². The molecule has 1 unspecified atom stereocenters. The molecule has 1 N–H and O–H groups in total. The summed E-state index contributed by atoms with van der Waals surface area (Å²) in [5, 5.41) is 10.5. The predicted molar refractivity (Wildman–Crippen MR) is 71.9 cm³/mol. The minimum atomic E-state index is -0.752. The smallest absolute Gasteiger partial charge is 0.323 e. The van der Waals surface area contributed by atoms with E-state index in [0.717, 1.165) is 29.5 Å². The highest BCUT2D eigenvalue weighted by atomic mass is 16.4. The van der Waals surface area contributed by atoms with E-state index in [2.05, 4.69) is 0 Å². The van der Waals surface area contributed by atoms with Crippen molar-refractivity contribution in [3.05, 3.63) is 36.1 Å². The van der Waals surface area contributed by atoms with Crippen molar-refractivity contribution in [2.24, 2.45) is 0 Å². The van der Waals surface area contributed by atoms with E-state index in [-0.39, 0.29) is 0 Å². The van der Waals surface area contributed by atoms with E-state index in [1.165, 1.54) is 0 Å². The normalized spacial score (nSPS) is 24.1. The summed E-state index contributed by atoms with van der Waals surface area (Å²) < 4.78 is 5.51. The monoisotopic (exact) mass is 259 g/mol. The molecule has 0 amide bonds. The lowest BCUT2D eigenvalue weighted by Gasteiger charge is -2.30. The van der Waals surface area contributed by atoms with Crippen LogP contribution in [-0.4, -0.2) is 28.1 Å². The SMILES string of the molecule is CC1(C(=O)O)CCCN1Cc1coc2ccccc12. The number of para-hydroxylation sites is 1. The van der Waals surface area contributed by atoms with E-state index in [1.54, 1.807) is 6.26 Å². The van der Waals surface area contributed by atoms with Crippen LogP contribution in [0.15, 0.2) is 34.9 Å². The summed E-state index contributed by atoms with van der Waals surface area (Å²) >= 11 is 0. The Labute approximate surface area is 111 Å². The molecule has 19 heavy (non-hydrogen) atoms. The Bertz CT molecular complexity index is 619. The van der Waals surface area contributed by atoms with E-state index < -0.39 is 11.5 Å². The van der Waals surface area contributed by atoms with Crippen LogP contribution >= 0.6 is 0 Å². The predicted octanol–water partition coefficient (Wildman–Crippen LogP) is 2.87. The first kappa shape index (κ1) is 12.2. The van der Waals surface area contributed by atoms with Gasteiger partial charge in [-0.3, -0.25) is 9.69 Å². The van der Waals surface area contributed by atoms with Gasteiger partial charge in [0.15, 0.2) is 0 Å². The zero-order valence-electron chi connectivity index (χ0n) is 10.9. The summed E-state index contributed by atoms with van der Waals surface area (Å²) in [6, 6.07) is 7.86. The standard InChI is InChI=1S/C15H17NO3/c1-15(14(17)18)7-4-8-16(15)9-11-10-19-13-6-3-2-5-12(11)13/h2-3,5-6,10H,4,7-9H2,1H3,(H,17,18). The number of hydrogen-bond acceptors (Lipinski definition) is 3. The molecule has 3 rings (SSSR count). The Balaban J connectivity index is 1.91. The van der Waals surface area contributed by atoms with Crippen molar-refractivity contribution in [3.63, 3.8) is 0 Å². The van der Waals surface area contributed by atoms with Crippen molar-refractivity contribution in [1.82, 2.24) is 4.90 Å². The lowest BCUT2D eigenvalue weighted by Crippen LogP contribution is -2.47. The Morgan fingerprint density at radius 2 is 2.26 bits per heavy atom. The second kappa shape index (κ2) is 4.38. The third kappa shape index (κ3) is 1.92. The van der Waals surface area contributed by atoms with E-state index in [4.69, 9.17) is 4.42 Å². The zero-order valence-corrected chi connectivity index (χ0v) is 10.9. The number of nitrogens with zero attached hydrogens (tertiary/aromatic N) is 1. The molecule has 2 aromatic rings. The lowest BCUT2D eigenvalue weighted by atomic mass is 9.99. The second-order valence-electron chi connectivity index (χ2n) is 5.36. The fourth-order valence-corrected chi connectivity index (χ4v) is 2.88. The Kier molecular flexibility index (Phi) is 2.82. The Hall–Kier alpha value is -1.81. The number of likely N-dealkylation sites (tertiary alicyclic amines) is 1. The van der Waals surface area contributed by atoms with Gasteiger partial charge >= 0.3 is 5.97 Å². The molecule has 100 valence electrons. The summed E-state index contributed by atoms with van der Waals surface area (Å²) in [5.74, 6) is -0.738. The number of furan rings is 1. The minimum absolute atomic E-state index is 0.625. The molecule has 2 heterocycles. The molecule has 0 radical (unpaired) electrons. The average Bonchev–Trinajstić information content (AvgIpc) is 2.97. The van der Waals surface area contributed by atoms with Gasteiger partial charge in [0.05, 0.1) is 6.26 Å². The molecular weight excluding hydrogens is 242 g/mol. The van der Waals surface area contributed by atoms with E-state index >= 15 is 0 Å². The maximum atomic E-state index is 11.5. The summed E-state index contributed by atoms with van der Waals surface area (Å²) in [4.78, 5) is 13.5. The van der Waals surface area contributed by atoms with Crippen LogP contribution in [0.1, 0.15) is 25.3 Å². The lowest BCUT2D eigenvalue weighted by molar-refractivity contribution is -0.148. The molecule has 0 saturated carbocycles. The second-order valence-corrected chi connectivity index (χ2v) is 5.36. The van der Waals surface area contributed by atoms with Crippen LogP contribution in [0.25, 0.3) is 11.0 Å². The van der Waals surface area contributed by atoms with Gasteiger partial charge in [-0.2, -0.15) is 0 Å². The van der Waals surface area contributed by atoms with Crippen molar-refractivity contribution in [2.75, 3.05) is 6.54 Å². The summed E-state index contributed by atoms with van der Waals surface area (Å²) in [5.41, 5.74) is 1.16. The van der Waals surface area contributed by atoms with Crippen LogP contribution in [0.5, 0.6) is 0 Å². The Morgan fingerprint density at radius 1 is 1.47 bits per heavy atom. The van der Waals surface area contributed by atoms with Gasteiger partial charge in [-0.25, -0.2) is 0 Å². The fraction of sp³-hybridized carbons (Fsp3) is 0.400. The van der Waals surface area contributed by atoms with Crippen molar-refractivity contribution >= 4 is 16.9 Å². The van der Waals surface area contributed by atoms with Gasteiger partial charge in [-0.05, 0) is 32.4 Å². The zero-order chi connectivity index (χ0) is 13.5. The molecule has 0 spiro atoms. The van der Waals surface area contributed by atoms with Crippen LogP contribution in [0, 0.1) is 0 Å². The maximum absolute atomic E-state index is 11.5. The molecule has 1 atom stereocenters. The largest absolute Gasteiger partial charge is 0.480 e. The molecule has 1 fully saturated rings. The Morgan fingerprint density at radius 3 is 3.05 bits per heavy atom. The highest BCUT2D eigenvalue weighted by molar-refractivity contribution is 5.81. The maximum Gasteiger partial charge on any atom is 0.323 e. The van der Waals surface area contributed by atoms with Crippen molar-refractivity contribution in [2.45, 2.75) is 31.8 Å². The summed E-state index contributed by atoms with van der Waals surface area (Å²) in [6.45, 7) is 3.26. The van der Waals surface area contributed by atoms with Crippen molar-refractivity contribution in [3.8, 4) is 0 Å². The summed E-state index contributed by atoms with van der Waals surface area (Å²) in [6.07, 6.45) is 3.38. The highest BCUT2D eigenvalue weighted by Crippen LogP contribution is 2.32. The number of carbonyl (C=O) groups is 1. The van der Waals surface area contributed by atoms with Gasteiger partial charge in [-0.1, -0.05) is 18.2 Å². The molecule has 0 bridgehead atoms. The first-order valence-electron chi connectivity index (χ1n) is 6.55. The molecule has 1 aliphatic heterocycles. The van der Waals surface area contributed by atoms with Gasteiger partial charge in [0.25, 0.3) is 0 Å². The number of aliphatic carboxylic acids is 1. The number of rotatable bonds is 3. The molecule has 1 saturated heterocycles. The van der Waals surface area contributed by atoms with Gasteiger partial charge in [0, 0.05) is 17.5 Å². The van der Waals surface area contributed by atoms with E-state index in [0.29, 0.717) is 13.0 Å². The molecule has 0 aliphatic carbocycles. The molecule has 4 nitrogen and oxygen atoms in total. The average molecular weight is 259 g/mol. The highest BCUT2D eigenvalue weighted by Gasteiger charge is 2.43. The third-order valence-corrected chi connectivity index (χ3v) is 4.17. The van der Waals surface area contributed by atoms with Crippen molar-refractivity contribution in [1.29, 1.82) is 0 Å². The van der Waals surface area contributed by atoms with Crippen LogP contribution < -0.4 is 0 Å². The molecule has 1 aromatic carbocycles. The number of fused-ring (bicyclic) bond motifs is 1. The first-order chi connectivity index (χ1) is 9.11. The number of carboxylic acids is 1. The molecule has 4 heteroatoms. The molecule has 1 aromatic heterocycles. The van der Waals surface area contributed by atoms with Crippen molar-refractivity contribution < 1.29 is 14.3 Å². The van der Waals surface area contributed by atoms with E-state index in [9.17, 15) is 9.90 Å². The minimum Gasteiger partial charge on any atom is -0.480 e. The third-order valence-electron chi connectivity index (χ3n) is 4.17. The number of hydrogen-bond donors (Lipinski definition) is 1. The molecule has 1 aliphatic rings. The quantitative estimate of drug-likeness (QED) is 0.920. The van der Waals surface area contributed by atoms with E-state index in [1.807, 2.05) is 36.1 Å². The van der Waals surface area contributed by atoms with Gasteiger partial charge in [-0.15, -0.1) is 0 Å².